The van der Waals surface area contributed by atoms with E-state index in [1.807, 2.05) is 0 Å². The zero-order valence-corrected chi connectivity index (χ0v) is 8.28. The van der Waals surface area contributed by atoms with Gasteiger partial charge in [0.25, 0.3) is 0 Å². The molecule has 0 amide bonds. The molecule has 1 atom stereocenters. The Bertz CT molecular complexity index is 112. The summed E-state index contributed by atoms with van der Waals surface area (Å²) in [5.74, 6) is 0.823. The van der Waals surface area contributed by atoms with Crippen LogP contribution in [0.25, 0.3) is 0 Å². The molecule has 1 aliphatic heterocycles. The molecule has 1 saturated heterocycles. The van der Waals surface area contributed by atoms with Gasteiger partial charge in [0.2, 0.25) is 0 Å². The van der Waals surface area contributed by atoms with Crippen molar-refractivity contribution in [2.45, 2.75) is 32.3 Å². The van der Waals surface area contributed by atoms with E-state index in [0.717, 1.165) is 17.9 Å². The molecular weight excluding hydrogens is 192 g/mol. The van der Waals surface area contributed by atoms with E-state index in [0.29, 0.717) is 0 Å². The summed E-state index contributed by atoms with van der Waals surface area (Å²) >= 11 is 3.51. The minimum atomic E-state index is 0.122. The number of hydrogen-bond acceptors (Lipinski definition) is 1. The fourth-order valence-electron chi connectivity index (χ4n) is 1.49. The summed E-state index contributed by atoms with van der Waals surface area (Å²) in [6.45, 7) is 5.27. The van der Waals surface area contributed by atoms with Crippen molar-refractivity contribution in [3.05, 3.63) is 0 Å². The fraction of sp³-hybridized carbons (Fsp3) is 1.00. The Kier molecular flexibility index (Phi) is 2.75. The minimum absolute atomic E-state index is 0.122. The molecule has 1 heterocycles. The second-order valence-corrected chi connectivity index (χ2v) is 4.27. The molecule has 1 fully saturated rings. The lowest BCUT2D eigenvalue weighted by molar-refractivity contribution is -0.0681. The summed E-state index contributed by atoms with van der Waals surface area (Å²) < 4.78 is 5.58. The van der Waals surface area contributed by atoms with E-state index in [1.54, 1.807) is 0 Å². The first-order valence-electron chi connectivity index (χ1n) is 3.84. The van der Waals surface area contributed by atoms with Gasteiger partial charge in [0, 0.05) is 11.9 Å². The highest BCUT2D eigenvalue weighted by Gasteiger charge is 2.27. The Balaban J connectivity index is 2.40. The van der Waals surface area contributed by atoms with E-state index in [9.17, 15) is 0 Å². The van der Waals surface area contributed by atoms with Gasteiger partial charge in [0.1, 0.15) is 0 Å². The first-order valence-corrected chi connectivity index (χ1v) is 4.96. The molecule has 0 radical (unpaired) electrons. The van der Waals surface area contributed by atoms with Gasteiger partial charge >= 0.3 is 0 Å². The zero-order valence-electron chi connectivity index (χ0n) is 6.69. The summed E-state index contributed by atoms with van der Waals surface area (Å²) in [4.78, 5) is 0. The topological polar surface area (TPSA) is 9.23 Å². The van der Waals surface area contributed by atoms with E-state index in [1.165, 1.54) is 12.8 Å². The molecular formula is C8H15BrO. The molecule has 10 heavy (non-hydrogen) atoms. The molecule has 0 aromatic rings. The highest BCUT2D eigenvalue weighted by atomic mass is 79.9. The van der Waals surface area contributed by atoms with Gasteiger partial charge in [0.05, 0.1) is 5.60 Å². The number of alkyl halides is 1. The first-order chi connectivity index (χ1) is 4.64. The van der Waals surface area contributed by atoms with Crippen LogP contribution in [0.1, 0.15) is 26.7 Å². The third-order valence-electron chi connectivity index (χ3n) is 2.02. The standard InChI is InChI=1S/C8H15BrO/c1-8(2)5-7(6-9)3-4-10-8/h7H,3-6H2,1-2H3/t7-/m0/s1. The molecule has 0 aliphatic carbocycles. The van der Waals surface area contributed by atoms with Crippen molar-refractivity contribution in [3.63, 3.8) is 0 Å². The van der Waals surface area contributed by atoms with E-state index in [2.05, 4.69) is 29.8 Å². The lowest BCUT2D eigenvalue weighted by Crippen LogP contribution is -2.34. The molecule has 0 bridgehead atoms. The Morgan fingerprint density at radius 2 is 2.30 bits per heavy atom. The zero-order chi connectivity index (χ0) is 7.61. The summed E-state index contributed by atoms with van der Waals surface area (Å²) in [5.41, 5.74) is 0.122. The largest absolute Gasteiger partial charge is 0.376 e. The van der Waals surface area contributed by atoms with Crippen LogP contribution in [0.2, 0.25) is 0 Å². The third kappa shape index (κ3) is 2.24. The SMILES string of the molecule is CC1(C)C[C@@H](CBr)CCO1. The van der Waals surface area contributed by atoms with Crippen molar-refractivity contribution in [1.29, 1.82) is 0 Å². The van der Waals surface area contributed by atoms with Crippen molar-refractivity contribution >= 4 is 15.9 Å². The van der Waals surface area contributed by atoms with Crippen LogP contribution in [0.15, 0.2) is 0 Å². The van der Waals surface area contributed by atoms with Crippen molar-refractivity contribution in [1.82, 2.24) is 0 Å². The summed E-state index contributed by atoms with van der Waals surface area (Å²) in [6, 6.07) is 0. The van der Waals surface area contributed by atoms with Gasteiger partial charge in [-0.2, -0.15) is 0 Å². The van der Waals surface area contributed by atoms with Crippen LogP contribution < -0.4 is 0 Å². The molecule has 0 aromatic heterocycles. The summed E-state index contributed by atoms with van der Waals surface area (Å²) in [7, 11) is 0. The normalized spacial score (nSPS) is 32.1. The Hall–Kier alpha value is 0.440. The van der Waals surface area contributed by atoms with Crippen LogP contribution >= 0.6 is 15.9 Å². The maximum absolute atomic E-state index is 5.58. The van der Waals surface area contributed by atoms with Crippen LogP contribution in [-0.2, 0) is 4.74 Å². The van der Waals surface area contributed by atoms with Crippen LogP contribution in [0.5, 0.6) is 0 Å². The Morgan fingerprint density at radius 3 is 2.70 bits per heavy atom. The molecule has 0 saturated carbocycles. The van der Waals surface area contributed by atoms with Gasteiger partial charge in [-0.3, -0.25) is 0 Å². The summed E-state index contributed by atoms with van der Waals surface area (Å²) in [5, 5.41) is 1.12. The van der Waals surface area contributed by atoms with Gasteiger partial charge < -0.3 is 4.74 Å². The number of halogens is 1. The molecule has 2 heteroatoms. The average Bonchev–Trinajstić information content (AvgIpc) is 1.86. The fourth-order valence-corrected chi connectivity index (χ4v) is 2.04. The molecule has 0 aromatic carbocycles. The van der Waals surface area contributed by atoms with Gasteiger partial charge in [-0.25, -0.2) is 0 Å². The minimum Gasteiger partial charge on any atom is -0.376 e. The second-order valence-electron chi connectivity index (χ2n) is 3.62. The van der Waals surface area contributed by atoms with Gasteiger partial charge in [-0.05, 0) is 32.6 Å². The predicted molar refractivity (Wildman–Crippen MR) is 46.5 cm³/mol. The van der Waals surface area contributed by atoms with Crippen molar-refractivity contribution in [2.75, 3.05) is 11.9 Å². The highest BCUT2D eigenvalue weighted by Crippen LogP contribution is 2.29. The lowest BCUT2D eigenvalue weighted by atomic mass is 9.90. The number of ether oxygens (including phenoxy) is 1. The first kappa shape index (κ1) is 8.54. The maximum atomic E-state index is 5.58. The number of hydrogen-bond donors (Lipinski definition) is 0. The molecule has 1 aliphatic rings. The van der Waals surface area contributed by atoms with Gasteiger partial charge in [0.15, 0.2) is 0 Å². The Labute approximate surface area is 71.3 Å². The van der Waals surface area contributed by atoms with Crippen LogP contribution in [-0.4, -0.2) is 17.5 Å². The van der Waals surface area contributed by atoms with Crippen LogP contribution in [0, 0.1) is 5.92 Å². The quantitative estimate of drug-likeness (QED) is 0.600. The van der Waals surface area contributed by atoms with E-state index in [-0.39, 0.29) is 5.60 Å². The average molecular weight is 207 g/mol. The molecule has 60 valence electrons. The van der Waals surface area contributed by atoms with E-state index < -0.39 is 0 Å². The van der Waals surface area contributed by atoms with Gasteiger partial charge in [-0.15, -0.1) is 0 Å². The molecule has 1 nitrogen and oxygen atoms in total. The molecule has 1 rings (SSSR count). The van der Waals surface area contributed by atoms with Crippen LogP contribution in [0.4, 0.5) is 0 Å². The smallest absolute Gasteiger partial charge is 0.0629 e. The van der Waals surface area contributed by atoms with Crippen molar-refractivity contribution in [3.8, 4) is 0 Å². The maximum Gasteiger partial charge on any atom is 0.0629 e. The third-order valence-corrected chi connectivity index (χ3v) is 2.93. The lowest BCUT2D eigenvalue weighted by Gasteiger charge is -2.34. The van der Waals surface area contributed by atoms with E-state index >= 15 is 0 Å². The van der Waals surface area contributed by atoms with Gasteiger partial charge in [-0.1, -0.05) is 15.9 Å². The monoisotopic (exact) mass is 206 g/mol. The van der Waals surface area contributed by atoms with Crippen molar-refractivity contribution < 1.29 is 4.74 Å². The van der Waals surface area contributed by atoms with E-state index in [4.69, 9.17) is 4.74 Å². The van der Waals surface area contributed by atoms with Crippen LogP contribution in [0.3, 0.4) is 0 Å². The molecule has 0 unspecified atom stereocenters. The van der Waals surface area contributed by atoms with Crippen molar-refractivity contribution in [2.24, 2.45) is 5.92 Å². The molecule has 0 N–H and O–H groups in total. The summed E-state index contributed by atoms with van der Waals surface area (Å²) in [6.07, 6.45) is 2.41. The second kappa shape index (κ2) is 3.22. The molecule has 0 spiro atoms. The number of rotatable bonds is 1. The Morgan fingerprint density at radius 1 is 1.60 bits per heavy atom. The predicted octanol–water partition coefficient (Wildman–Crippen LogP) is 2.59. The highest BCUT2D eigenvalue weighted by molar-refractivity contribution is 9.09.